The molecule has 2 rings (SSSR count). The van der Waals surface area contributed by atoms with Crippen molar-refractivity contribution in [3.05, 3.63) is 59.9 Å². The molecule has 2 N–H and O–H groups in total. The van der Waals surface area contributed by atoms with Crippen LogP contribution in [0.2, 0.25) is 0 Å². The number of nitrogens with zero attached hydrogens (tertiary/aromatic N) is 2. The van der Waals surface area contributed by atoms with E-state index in [-0.39, 0.29) is 11.9 Å². The third-order valence-electron chi connectivity index (χ3n) is 2.90. The molecular weight excluding hydrogens is 264 g/mol. The van der Waals surface area contributed by atoms with E-state index in [2.05, 4.69) is 20.8 Å². The van der Waals surface area contributed by atoms with E-state index in [0.717, 1.165) is 11.3 Å². The van der Waals surface area contributed by atoms with Crippen LogP contribution in [-0.2, 0) is 4.79 Å². The molecule has 0 bridgehead atoms. The number of rotatable bonds is 5. The Kier molecular flexibility index (Phi) is 5.04. The largest absolute Gasteiger partial charge is 0.374 e. The van der Waals surface area contributed by atoms with Crippen molar-refractivity contribution in [3.63, 3.8) is 0 Å². The molecule has 108 valence electrons. The van der Waals surface area contributed by atoms with Crippen molar-refractivity contribution in [2.24, 2.45) is 5.10 Å². The molecular formula is C16H18N4O. The minimum atomic E-state index is -0.376. The smallest absolute Gasteiger partial charge is 0.262 e. The van der Waals surface area contributed by atoms with Crippen LogP contribution in [0.3, 0.4) is 0 Å². The molecule has 0 aliphatic carbocycles. The number of hydrogen-bond donors (Lipinski definition) is 2. The highest BCUT2D eigenvalue weighted by atomic mass is 16.2. The van der Waals surface area contributed by atoms with Crippen molar-refractivity contribution >= 4 is 17.8 Å². The first-order chi connectivity index (χ1) is 10.1. The van der Waals surface area contributed by atoms with Crippen LogP contribution in [0.25, 0.3) is 0 Å². The molecule has 5 heteroatoms. The van der Waals surface area contributed by atoms with Crippen molar-refractivity contribution in [1.29, 1.82) is 0 Å². The predicted molar refractivity (Wildman–Crippen MR) is 84.2 cm³/mol. The third-order valence-corrected chi connectivity index (χ3v) is 2.90. The van der Waals surface area contributed by atoms with Crippen LogP contribution in [0.1, 0.15) is 18.1 Å². The van der Waals surface area contributed by atoms with Crippen LogP contribution in [0.5, 0.6) is 0 Å². The number of hydrazone groups is 1. The summed E-state index contributed by atoms with van der Waals surface area (Å²) in [6, 6.07) is 11.2. The molecule has 0 spiro atoms. The Balaban J connectivity index is 1.85. The van der Waals surface area contributed by atoms with Crippen LogP contribution in [-0.4, -0.2) is 23.1 Å². The molecule has 1 aromatic carbocycles. The molecule has 0 aliphatic rings. The van der Waals surface area contributed by atoms with E-state index in [1.807, 2.05) is 43.3 Å². The van der Waals surface area contributed by atoms with E-state index in [4.69, 9.17) is 0 Å². The van der Waals surface area contributed by atoms with E-state index in [0.29, 0.717) is 0 Å². The van der Waals surface area contributed by atoms with Crippen LogP contribution >= 0.6 is 0 Å². The molecule has 0 radical (unpaired) electrons. The van der Waals surface area contributed by atoms with Gasteiger partial charge in [0.2, 0.25) is 0 Å². The van der Waals surface area contributed by atoms with Gasteiger partial charge in [0.15, 0.2) is 0 Å². The average Bonchev–Trinajstić information content (AvgIpc) is 2.50. The standard InChI is InChI=1S/C16H18N4O/c1-12-5-7-15(8-6-12)19-13(2)16(21)20-18-11-14-4-3-9-17-10-14/h3-11,13,19H,1-2H3,(H,20,21)/b18-11-/t13-/m0/s1. The number of aromatic nitrogens is 1. The highest BCUT2D eigenvalue weighted by molar-refractivity contribution is 5.86. The van der Waals surface area contributed by atoms with Crippen LogP contribution < -0.4 is 10.7 Å². The van der Waals surface area contributed by atoms with Crippen molar-refractivity contribution in [2.75, 3.05) is 5.32 Å². The predicted octanol–water partition coefficient (Wildman–Crippen LogP) is 2.34. The van der Waals surface area contributed by atoms with Gasteiger partial charge in [-0.25, -0.2) is 5.43 Å². The summed E-state index contributed by atoms with van der Waals surface area (Å²) in [7, 11) is 0. The summed E-state index contributed by atoms with van der Waals surface area (Å²) in [6.07, 6.45) is 4.91. The van der Waals surface area contributed by atoms with Crippen LogP contribution in [0.15, 0.2) is 53.9 Å². The van der Waals surface area contributed by atoms with Crippen LogP contribution in [0.4, 0.5) is 5.69 Å². The highest BCUT2D eigenvalue weighted by Gasteiger charge is 2.11. The summed E-state index contributed by atoms with van der Waals surface area (Å²) in [4.78, 5) is 15.9. The fourth-order valence-electron chi connectivity index (χ4n) is 1.68. The molecule has 0 saturated heterocycles. The molecule has 5 nitrogen and oxygen atoms in total. The summed E-state index contributed by atoms with van der Waals surface area (Å²) in [6.45, 7) is 3.81. The molecule has 1 heterocycles. The number of hydrogen-bond acceptors (Lipinski definition) is 4. The molecule has 1 amide bonds. The van der Waals surface area contributed by atoms with E-state index >= 15 is 0 Å². The SMILES string of the molecule is Cc1ccc(N[C@@H](C)C(=O)N/N=C\c2cccnc2)cc1. The van der Waals surface area contributed by atoms with Crippen LogP contribution in [0, 0.1) is 6.92 Å². The maximum Gasteiger partial charge on any atom is 0.262 e. The van der Waals surface area contributed by atoms with E-state index in [1.165, 1.54) is 5.56 Å². The normalized spacial score (nSPS) is 12.1. The Hall–Kier alpha value is -2.69. The number of aryl methyl sites for hydroxylation is 1. The van der Waals surface area contributed by atoms with E-state index in [9.17, 15) is 4.79 Å². The first-order valence-electron chi connectivity index (χ1n) is 6.71. The van der Waals surface area contributed by atoms with E-state index < -0.39 is 0 Å². The van der Waals surface area contributed by atoms with Crippen molar-refractivity contribution in [3.8, 4) is 0 Å². The summed E-state index contributed by atoms with van der Waals surface area (Å²) >= 11 is 0. The third kappa shape index (κ3) is 4.72. The Morgan fingerprint density at radius 3 is 2.71 bits per heavy atom. The zero-order valence-corrected chi connectivity index (χ0v) is 12.1. The molecule has 0 fully saturated rings. The number of anilines is 1. The molecule has 0 unspecified atom stereocenters. The number of benzene rings is 1. The number of nitrogens with one attached hydrogen (secondary N) is 2. The van der Waals surface area contributed by atoms with Crippen molar-refractivity contribution in [1.82, 2.24) is 10.4 Å². The Morgan fingerprint density at radius 1 is 1.29 bits per heavy atom. The first kappa shape index (κ1) is 14.7. The highest BCUT2D eigenvalue weighted by Crippen LogP contribution is 2.09. The van der Waals surface area contributed by atoms with Gasteiger partial charge in [0.25, 0.3) is 5.91 Å². The van der Waals surface area contributed by atoms with Gasteiger partial charge in [-0.15, -0.1) is 0 Å². The summed E-state index contributed by atoms with van der Waals surface area (Å²) in [5.74, 6) is -0.198. The molecule has 0 saturated carbocycles. The van der Waals surface area contributed by atoms with Crippen molar-refractivity contribution < 1.29 is 4.79 Å². The fraction of sp³-hybridized carbons (Fsp3) is 0.188. The van der Waals surface area contributed by atoms with Gasteiger partial charge in [0, 0.05) is 23.6 Å². The van der Waals surface area contributed by atoms with Gasteiger partial charge in [-0.3, -0.25) is 9.78 Å². The summed E-state index contributed by atoms with van der Waals surface area (Å²) < 4.78 is 0. The fourth-order valence-corrected chi connectivity index (χ4v) is 1.68. The first-order valence-corrected chi connectivity index (χ1v) is 6.71. The lowest BCUT2D eigenvalue weighted by molar-refractivity contribution is -0.121. The zero-order chi connectivity index (χ0) is 15.1. The second-order valence-electron chi connectivity index (χ2n) is 4.75. The van der Waals surface area contributed by atoms with Gasteiger partial charge >= 0.3 is 0 Å². The average molecular weight is 282 g/mol. The van der Waals surface area contributed by atoms with Gasteiger partial charge < -0.3 is 5.32 Å². The van der Waals surface area contributed by atoms with Gasteiger partial charge in [0.1, 0.15) is 6.04 Å². The lowest BCUT2D eigenvalue weighted by Crippen LogP contribution is -2.34. The monoisotopic (exact) mass is 282 g/mol. The molecule has 1 aromatic heterocycles. The second kappa shape index (κ2) is 7.19. The van der Waals surface area contributed by atoms with Gasteiger partial charge in [-0.1, -0.05) is 23.8 Å². The number of pyridine rings is 1. The second-order valence-corrected chi connectivity index (χ2v) is 4.75. The Morgan fingerprint density at radius 2 is 2.05 bits per heavy atom. The lowest BCUT2D eigenvalue weighted by atomic mass is 10.2. The maximum absolute atomic E-state index is 11.9. The van der Waals surface area contributed by atoms with Gasteiger partial charge in [-0.05, 0) is 32.0 Å². The Bertz CT molecular complexity index is 608. The van der Waals surface area contributed by atoms with E-state index in [1.54, 1.807) is 25.5 Å². The molecule has 21 heavy (non-hydrogen) atoms. The quantitative estimate of drug-likeness (QED) is 0.653. The Labute approximate surface area is 124 Å². The number of carbonyl (C=O) groups excluding carboxylic acids is 1. The van der Waals surface area contributed by atoms with Gasteiger partial charge in [0.05, 0.1) is 6.21 Å². The topological polar surface area (TPSA) is 66.4 Å². The molecule has 1 atom stereocenters. The number of carbonyl (C=O) groups is 1. The molecule has 0 aliphatic heterocycles. The minimum absolute atomic E-state index is 0.198. The zero-order valence-electron chi connectivity index (χ0n) is 12.1. The summed E-state index contributed by atoms with van der Waals surface area (Å²) in [5.41, 5.74) is 5.41. The minimum Gasteiger partial charge on any atom is -0.374 e. The maximum atomic E-state index is 11.9. The van der Waals surface area contributed by atoms with Crippen molar-refractivity contribution in [2.45, 2.75) is 19.9 Å². The van der Waals surface area contributed by atoms with Gasteiger partial charge in [-0.2, -0.15) is 5.10 Å². The summed E-state index contributed by atoms with van der Waals surface area (Å²) in [5, 5.41) is 7.03. The number of amides is 1. The molecule has 2 aromatic rings. The lowest BCUT2D eigenvalue weighted by Gasteiger charge is -2.13.